The Labute approximate surface area is 156 Å². The molecular formula is C21H28N2O3. The number of carbonyl (C=O) groups is 1. The van der Waals surface area contributed by atoms with Crippen LogP contribution in [-0.2, 0) is 4.74 Å². The van der Waals surface area contributed by atoms with Crippen LogP contribution in [0, 0.1) is 5.92 Å². The number of para-hydroxylation sites is 1. The Kier molecular flexibility index (Phi) is 5.66. The lowest BCUT2D eigenvalue weighted by Gasteiger charge is -2.35. The first-order chi connectivity index (χ1) is 12.5. The van der Waals surface area contributed by atoms with E-state index in [1.807, 2.05) is 44.2 Å². The van der Waals surface area contributed by atoms with Crippen LogP contribution in [0.1, 0.15) is 15.3 Å². The highest BCUT2D eigenvalue weighted by atomic mass is 16.6. The molecule has 0 atom stereocenters. The summed E-state index contributed by atoms with van der Waals surface area (Å²) in [5, 5.41) is 10.1. The molecule has 1 heterocycles. The molecule has 2 aromatic rings. The van der Waals surface area contributed by atoms with Crippen LogP contribution in [0.5, 0.6) is 5.75 Å². The zero-order valence-corrected chi connectivity index (χ0v) is 15.4. The lowest BCUT2D eigenvalue weighted by atomic mass is 10.0. The van der Waals surface area contributed by atoms with Gasteiger partial charge in [0.15, 0.2) is 0 Å². The first-order valence-electron chi connectivity index (χ1n) is 9.09. The number of phenolic OH excluding ortho intramolecular Hbond substituents is 1. The fraction of sp³-hybridized carbons (Fsp3) is 0.381. The maximum Gasteiger partial charge on any atom is 0.409 e. The van der Waals surface area contributed by atoms with Gasteiger partial charge in [-0.3, -0.25) is 0 Å². The van der Waals surface area contributed by atoms with Crippen LogP contribution < -0.4 is 4.90 Å². The Hall–Kier alpha value is -2.69. The number of nitrogens with zero attached hydrogens (tertiary/aromatic N) is 2. The molecule has 0 saturated carbocycles. The van der Waals surface area contributed by atoms with Crippen LogP contribution in [0.2, 0.25) is 0 Å². The summed E-state index contributed by atoms with van der Waals surface area (Å²) in [5.41, 5.74) is 2.91. The molecule has 1 aliphatic heterocycles. The minimum Gasteiger partial charge on any atom is -0.507 e. The molecule has 3 rings (SSSR count). The largest absolute Gasteiger partial charge is 0.507 e. The van der Waals surface area contributed by atoms with Gasteiger partial charge in [-0.2, -0.15) is 0 Å². The van der Waals surface area contributed by atoms with E-state index < -0.39 is 0 Å². The molecule has 0 spiro atoms. The van der Waals surface area contributed by atoms with Crippen LogP contribution in [0.3, 0.4) is 0 Å². The SMILES string of the molecule is CC(C)COC(=O)N1CCN(c2cccc(-c3ccccc3O)c2)CC1.[HH]. The van der Waals surface area contributed by atoms with Crippen molar-refractivity contribution < 1.29 is 16.1 Å². The third kappa shape index (κ3) is 4.28. The summed E-state index contributed by atoms with van der Waals surface area (Å²) < 4.78 is 5.31. The van der Waals surface area contributed by atoms with Gasteiger partial charge in [0.2, 0.25) is 0 Å². The average Bonchev–Trinajstić information content (AvgIpc) is 2.66. The highest BCUT2D eigenvalue weighted by Crippen LogP contribution is 2.31. The second-order valence-corrected chi connectivity index (χ2v) is 7.01. The maximum atomic E-state index is 12.1. The first kappa shape index (κ1) is 18.1. The number of phenols is 1. The predicted molar refractivity (Wildman–Crippen MR) is 106 cm³/mol. The van der Waals surface area contributed by atoms with Gasteiger partial charge in [-0.05, 0) is 29.7 Å². The van der Waals surface area contributed by atoms with E-state index in [2.05, 4.69) is 17.0 Å². The summed E-state index contributed by atoms with van der Waals surface area (Å²) in [7, 11) is 0. The minimum absolute atomic E-state index is 0. The Bertz CT molecular complexity index is 759. The molecule has 1 aliphatic rings. The quantitative estimate of drug-likeness (QED) is 0.891. The molecule has 0 aromatic heterocycles. The topological polar surface area (TPSA) is 53.0 Å². The minimum atomic E-state index is -0.221. The van der Waals surface area contributed by atoms with Crippen molar-refractivity contribution in [2.24, 2.45) is 5.92 Å². The van der Waals surface area contributed by atoms with E-state index in [9.17, 15) is 9.90 Å². The monoisotopic (exact) mass is 356 g/mol. The van der Waals surface area contributed by atoms with Gasteiger partial charge in [0.05, 0.1) is 6.61 Å². The standard InChI is InChI=1S/C21H26N2O3.H2/c1-16(2)15-26-21(25)23-12-10-22(11-13-23)18-7-5-6-17(14-18)19-8-3-4-9-20(19)24;/h3-9,14,16,24H,10-13,15H2,1-2H3;1H. The molecule has 2 aromatic carbocycles. The van der Waals surface area contributed by atoms with E-state index in [0.29, 0.717) is 25.6 Å². The number of aromatic hydroxyl groups is 1. The van der Waals surface area contributed by atoms with Crippen molar-refractivity contribution in [1.82, 2.24) is 4.90 Å². The number of hydrogen-bond acceptors (Lipinski definition) is 4. The number of piperazine rings is 1. The third-order valence-corrected chi connectivity index (χ3v) is 4.50. The molecule has 5 heteroatoms. The summed E-state index contributed by atoms with van der Waals surface area (Å²) in [6, 6.07) is 15.5. The van der Waals surface area contributed by atoms with Gasteiger partial charge in [-0.15, -0.1) is 0 Å². The average molecular weight is 356 g/mol. The fourth-order valence-electron chi connectivity index (χ4n) is 3.06. The van der Waals surface area contributed by atoms with Crippen LogP contribution in [0.25, 0.3) is 11.1 Å². The Morgan fingerprint density at radius 3 is 2.54 bits per heavy atom. The van der Waals surface area contributed by atoms with Crippen molar-refractivity contribution in [1.29, 1.82) is 0 Å². The molecular weight excluding hydrogens is 328 g/mol. The normalized spacial score (nSPS) is 14.6. The summed E-state index contributed by atoms with van der Waals surface area (Å²) in [5.74, 6) is 0.625. The van der Waals surface area contributed by atoms with Gasteiger partial charge < -0.3 is 19.6 Å². The lowest BCUT2D eigenvalue weighted by molar-refractivity contribution is 0.0901. The van der Waals surface area contributed by atoms with E-state index in [4.69, 9.17) is 4.74 Å². The molecule has 140 valence electrons. The smallest absolute Gasteiger partial charge is 0.409 e. The summed E-state index contributed by atoms with van der Waals surface area (Å²) in [6.07, 6.45) is -0.221. The number of amides is 1. The molecule has 5 nitrogen and oxygen atoms in total. The van der Waals surface area contributed by atoms with Crippen molar-refractivity contribution in [3.63, 3.8) is 0 Å². The van der Waals surface area contributed by atoms with Crippen molar-refractivity contribution in [3.8, 4) is 16.9 Å². The molecule has 1 saturated heterocycles. The maximum absolute atomic E-state index is 12.1. The van der Waals surface area contributed by atoms with Crippen molar-refractivity contribution in [2.75, 3.05) is 37.7 Å². The third-order valence-electron chi connectivity index (χ3n) is 4.50. The van der Waals surface area contributed by atoms with Crippen LogP contribution >= 0.6 is 0 Å². The van der Waals surface area contributed by atoms with Gasteiger partial charge >= 0.3 is 6.09 Å². The van der Waals surface area contributed by atoms with E-state index in [-0.39, 0.29) is 13.3 Å². The lowest BCUT2D eigenvalue weighted by Crippen LogP contribution is -2.49. The highest BCUT2D eigenvalue weighted by molar-refractivity contribution is 5.73. The van der Waals surface area contributed by atoms with Crippen LogP contribution in [0.15, 0.2) is 48.5 Å². The summed E-state index contributed by atoms with van der Waals surface area (Å²) in [6.45, 7) is 7.35. The van der Waals surface area contributed by atoms with Crippen LogP contribution in [0.4, 0.5) is 10.5 Å². The number of rotatable bonds is 4. The van der Waals surface area contributed by atoms with E-state index >= 15 is 0 Å². The van der Waals surface area contributed by atoms with Gasteiger partial charge in [-0.1, -0.05) is 44.2 Å². The molecule has 0 aliphatic carbocycles. The molecule has 26 heavy (non-hydrogen) atoms. The molecule has 0 radical (unpaired) electrons. The molecule has 1 amide bonds. The molecule has 1 N–H and O–H groups in total. The molecule has 0 bridgehead atoms. The summed E-state index contributed by atoms with van der Waals surface area (Å²) in [4.78, 5) is 16.1. The fourth-order valence-corrected chi connectivity index (χ4v) is 3.06. The molecule has 0 unspecified atom stereocenters. The Morgan fingerprint density at radius 1 is 1.12 bits per heavy atom. The number of hydrogen-bond donors (Lipinski definition) is 1. The molecule has 1 fully saturated rings. The zero-order valence-electron chi connectivity index (χ0n) is 15.4. The van der Waals surface area contributed by atoms with E-state index in [0.717, 1.165) is 29.9 Å². The zero-order chi connectivity index (χ0) is 18.5. The van der Waals surface area contributed by atoms with Crippen molar-refractivity contribution in [2.45, 2.75) is 13.8 Å². The van der Waals surface area contributed by atoms with Gasteiger partial charge in [-0.25, -0.2) is 4.79 Å². The van der Waals surface area contributed by atoms with Gasteiger partial charge in [0.25, 0.3) is 0 Å². The predicted octanol–water partition coefficient (Wildman–Crippen LogP) is 4.22. The van der Waals surface area contributed by atoms with Gasteiger partial charge in [0.1, 0.15) is 5.75 Å². The Morgan fingerprint density at radius 2 is 1.85 bits per heavy atom. The second-order valence-electron chi connectivity index (χ2n) is 7.01. The number of anilines is 1. The Balaban J connectivity index is 0.00000261. The number of benzene rings is 2. The van der Waals surface area contributed by atoms with Gasteiger partial charge in [0, 0.05) is 38.9 Å². The highest BCUT2D eigenvalue weighted by Gasteiger charge is 2.22. The van der Waals surface area contributed by atoms with E-state index in [1.165, 1.54) is 0 Å². The first-order valence-corrected chi connectivity index (χ1v) is 9.09. The summed E-state index contributed by atoms with van der Waals surface area (Å²) >= 11 is 0. The van der Waals surface area contributed by atoms with Crippen molar-refractivity contribution >= 4 is 11.8 Å². The second kappa shape index (κ2) is 8.13. The number of ether oxygens (including phenoxy) is 1. The van der Waals surface area contributed by atoms with E-state index in [1.54, 1.807) is 11.0 Å². The number of carbonyl (C=O) groups excluding carboxylic acids is 1. The van der Waals surface area contributed by atoms with Crippen molar-refractivity contribution in [3.05, 3.63) is 48.5 Å². The van der Waals surface area contributed by atoms with Crippen LogP contribution in [-0.4, -0.2) is 48.9 Å².